The highest BCUT2D eigenvalue weighted by atomic mass is 19.1. The lowest BCUT2D eigenvalue weighted by Gasteiger charge is -2.35. The molecule has 2 heterocycles. The van der Waals surface area contributed by atoms with Crippen LogP contribution in [0, 0.1) is 17.0 Å². The molecule has 4 nitrogen and oxygen atoms in total. The molecule has 138 valence electrons. The number of pyridine rings is 1. The second-order valence-corrected chi connectivity index (χ2v) is 6.66. The van der Waals surface area contributed by atoms with Crippen LogP contribution >= 0.6 is 0 Å². The number of aryl methyl sites for hydroxylation is 1. The van der Waals surface area contributed by atoms with Gasteiger partial charge in [0.1, 0.15) is 11.6 Å². The minimum atomic E-state index is -0.499. The molecule has 1 aliphatic rings. The summed E-state index contributed by atoms with van der Waals surface area (Å²) in [5, 5.41) is 7.72. The van der Waals surface area contributed by atoms with Crippen molar-refractivity contribution in [3.05, 3.63) is 65.0 Å². The van der Waals surface area contributed by atoms with E-state index < -0.39 is 11.6 Å². The first-order valence-electron chi connectivity index (χ1n) is 8.92. The minimum Gasteiger partial charge on any atom is -0.358 e. The van der Waals surface area contributed by atoms with Crippen molar-refractivity contribution in [3.63, 3.8) is 0 Å². The van der Waals surface area contributed by atoms with Crippen LogP contribution in [-0.2, 0) is 19.4 Å². The molecular weight excluding hydrogens is 334 g/mol. The van der Waals surface area contributed by atoms with Crippen molar-refractivity contribution in [1.29, 1.82) is 5.41 Å². The van der Waals surface area contributed by atoms with Crippen molar-refractivity contribution in [2.24, 2.45) is 0 Å². The molecule has 0 bridgehead atoms. The van der Waals surface area contributed by atoms with Gasteiger partial charge in [0.05, 0.1) is 5.84 Å². The van der Waals surface area contributed by atoms with E-state index in [-0.39, 0.29) is 5.56 Å². The zero-order valence-corrected chi connectivity index (χ0v) is 15.0. The summed E-state index contributed by atoms with van der Waals surface area (Å²) >= 11 is 0. The molecule has 3 rings (SSSR count). The van der Waals surface area contributed by atoms with E-state index in [0.29, 0.717) is 18.7 Å². The van der Waals surface area contributed by atoms with E-state index in [1.807, 2.05) is 19.1 Å². The number of aromatic nitrogens is 1. The Morgan fingerprint density at radius 3 is 2.38 bits per heavy atom. The van der Waals surface area contributed by atoms with Crippen molar-refractivity contribution in [1.82, 2.24) is 14.8 Å². The van der Waals surface area contributed by atoms with Gasteiger partial charge in [0.25, 0.3) is 0 Å². The van der Waals surface area contributed by atoms with Crippen LogP contribution < -0.4 is 0 Å². The van der Waals surface area contributed by atoms with Gasteiger partial charge >= 0.3 is 0 Å². The second-order valence-electron chi connectivity index (χ2n) is 6.66. The van der Waals surface area contributed by atoms with Crippen LogP contribution in [0.1, 0.15) is 23.7 Å². The fraction of sp³-hybridized carbons (Fsp3) is 0.400. The Kier molecular flexibility index (Phi) is 5.93. The van der Waals surface area contributed by atoms with Crippen molar-refractivity contribution in [3.8, 4) is 0 Å². The monoisotopic (exact) mass is 358 g/mol. The Balaban J connectivity index is 1.64. The average Bonchev–Trinajstić information content (AvgIpc) is 2.63. The van der Waals surface area contributed by atoms with E-state index in [1.165, 1.54) is 18.2 Å². The molecule has 1 aromatic carbocycles. The SMILES string of the molecule is CC(=N)N1CCN(Cc2cccnc2CCc2c(F)cccc2F)CC1. The first-order chi connectivity index (χ1) is 12.5. The zero-order chi connectivity index (χ0) is 18.5. The lowest BCUT2D eigenvalue weighted by molar-refractivity contribution is 0.174. The molecule has 1 fully saturated rings. The van der Waals surface area contributed by atoms with Crippen LogP contribution in [0.15, 0.2) is 36.5 Å². The van der Waals surface area contributed by atoms with Gasteiger partial charge in [-0.1, -0.05) is 12.1 Å². The summed E-state index contributed by atoms with van der Waals surface area (Å²) in [6.07, 6.45) is 2.53. The molecular formula is C20H24F2N4. The van der Waals surface area contributed by atoms with Gasteiger partial charge in [0.2, 0.25) is 0 Å². The molecule has 1 saturated heterocycles. The lowest BCUT2D eigenvalue weighted by Crippen LogP contribution is -2.47. The van der Waals surface area contributed by atoms with Crippen LogP contribution in [-0.4, -0.2) is 46.8 Å². The average molecular weight is 358 g/mol. The van der Waals surface area contributed by atoms with E-state index >= 15 is 0 Å². The van der Waals surface area contributed by atoms with Gasteiger partial charge in [-0.05, 0) is 43.5 Å². The first kappa shape index (κ1) is 18.5. The third kappa shape index (κ3) is 4.43. The van der Waals surface area contributed by atoms with Crippen LogP contribution in [0.5, 0.6) is 0 Å². The summed E-state index contributed by atoms with van der Waals surface area (Å²) in [5.41, 5.74) is 2.12. The zero-order valence-electron chi connectivity index (χ0n) is 15.0. The summed E-state index contributed by atoms with van der Waals surface area (Å²) < 4.78 is 27.7. The molecule has 0 unspecified atom stereocenters. The van der Waals surface area contributed by atoms with Crippen molar-refractivity contribution in [2.45, 2.75) is 26.3 Å². The highest BCUT2D eigenvalue weighted by molar-refractivity contribution is 5.76. The molecule has 0 saturated carbocycles. The molecule has 0 aliphatic carbocycles. The highest BCUT2D eigenvalue weighted by Crippen LogP contribution is 2.17. The fourth-order valence-electron chi connectivity index (χ4n) is 3.34. The number of amidine groups is 1. The molecule has 0 radical (unpaired) electrons. The molecule has 1 aliphatic heterocycles. The largest absolute Gasteiger partial charge is 0.358 e. The van der Waals surface area contributed by atoms with Gasteiger partial charge in [-0.25, -0.2) is 8.78 Å². The van der Waals surface area contributed by atoms with Crippen molar-refractivity contribution >= 4 is 5.84 Å². The van der Waals surface area contributed by atoms with Crippen LogP contribution in [0.2, 0.25) is 0 Å². The maximum absolute atomic E-state index is 13.8. The number of rotatable bonds is 5. The highest BCUT2D eigenvalue weighted by Gasteiger charge is 2.18. The number of hydrogen-bond donors (Lipinski definition) is 1. The summed E-state index contributed by atoms with van der Waals surface area (Å²) in [6, 6.07) is 7.91. The van der Waals surface area contributed by atoms with Gasteiger partial charge in [0.15, 0.2) is 0 Å². The number of halogens is 2. The van der Waals surface area contributed by atoms with Crippen LogP contribution in [0.4, 0.5) is 8.78 Å². The van der Waals surface area contributed by atoms with E-state index in [4.69, 9.17) is 5.41 Å². The van der Waals surface area contributed by atoms with Gasteiger partial charge in [-0.3, -0.25) is 15.3 Å². The topological polar surface area (TPSA) is 43.2 Å². The molecule has 26 heavy (non-hydrogen) atoms. The summed E-state index contributed by atoms with van der Waals surface area (Å²) in [7, 11) is 0. The smallest absolute Gasteiger partial charge is 0.129 e. The number of nitrogens with zero attached hydrogens (tertiary/aromatic N) is 3. The molecule has 2 aromatic rings. The maximum Gasteiger partial charge on any atom is 0.129 e. The third-order valence-corrected chi connectivity index (χ3v) is 4.90. The van der Waals surface area contributed by atoms with Gasteiger partial charge in [-0.2, -0.15) is 0 Å². The number of nitrogens with one attached hydrogen (secondary N) is 1. The Labute approximate surface area is 153 Å². The Bertz CT molecular complexity index is 750. The summed E-state index contributed by atoms with van der Waals surface area (Å²) in [4.78, 5) is 8.85. The van der Waals surface area contributed by atoms with E-state index in [2.05, 4.69) is 14.8 Å². The maximum atomic E-state index is 13.8. The Morgan fingerprint density at radius 2 is 1.73 bits per heavy atom. The van der Waals surface area contributed by atoms with Gasteiger partial charge < -0.3 is 4.90 Å². The second kappa shape index (κ2) is 8.36. The molecule has 1 N–H and O–H groups in total. The van der Waals surface area contributed by atoms with Crippen molar-refractivity contribution < 1.29 is 8.78 Å². The van der Waals surface area contributed by atoms with Gasteiger partial charge in [-0.15, -0.1) is 0 Å². The van der Waals surface area contributed by atoms with Gasteiger partial charge in [0, 0.05) is 50.2 Å². The Morgan fingerprint density at radius 1 is 1.04 bits per heavy atom. The Hall–Kier alpha value is -2.34. The molecule has 0 amide bonds. The summed E-state index contributed by atoms with van der Waals surface area (Å²) in [5.74, 6) is -0.389. The van der Waals surface area contributed by atoms with E-state index in [1.54, 1.807) is 6.20 Å². The van der Waals surface area contributed by atoms with Crippen LogP contribution in [0.3, 0.4) is 0 Å². The molecule has 1 aromatic heterocycles. The predicted octanol–water partition coefficient (Wildman–Crippen LogP) is 3.26. The van der Waals surface area contributed by atoms with E-state index in [0.717, 1.165) is 44.0 Å². The van der Waals surface area contributed by atoms with Crippen molar-refractivity contribution in [2.75, 3.05) is 26.2 Å². The lowest BCUT2D eigenvalue weighted by atomic mass is 10.0. The fourth-order valence-corrected chi connectivity index (χ4v) is 3.34. The van der Waals surface area contributed by atoms with E-state index in [9.17, 15) is 8.78 Å². The molecule has 6 heteroatoms. The number of benzene rings is 1. The number of hydrogen-bond acceptors (Lipinski definition) is 3. The first-order valence-corrected chi connectivity index (χ1v) is 8.92. The normalized spacial score (nSPS) is 15.3. The number of piperazine rings is 1. The van der Waals surface area contributed by atoms with Crippen LogP contribution in [0.25, 0.3) is 0 Å². The third-order valence-electron chi connectivity index (χ3n) is 4.90. The standard InChI is InChI=1S/C20H24F2N4/c1-15(23)26-12-10-25(11-13-26)14-16-4-3-9-24-20(16)8-7-17-18(21)5-2-6-19(17)22/h2-6,9,23H,7-8,10-14H2,1H3. The predicted molar refractivity (Wildman–Crippen MR) is 98.3 cm³/mol. The molecule has 0 spiro atoms. The summed E-state index contributed by atoms with van der Waals surface area (Å²) in [6.45, 7) is 6.08. The minimum absolute atomic E-state index is 0.124. The molecule has 0 atom stereocenters. The quantitative estimate of drug-likeness (QED) is 0.659.